The van der Waals surface area contributed by atoms with Crippen LogP contribution in [0.15, 0.2) is 24.3 Å². The number of hydrogen-bond acceptors (Lipinski definition) is 2. The van der Waals surface area contributed by atoms with Crippen molar-refractivity contribution in [3.63, 3.8) is 0 Å². The van der Waals surface area contributed by atoms with Gasteiger partial charge in [0.1, 0.15) is 5.75 Å². The third-order valence-electron chi connectivity index (χ3n) is 3.26. The van der Waals surface area contributed by atoms with Gasteiger partial charge in [-0.1, -0.05) is 52.8 Å². The maximum absolute atomic E-state index is 6.00. The molecule has 0 saturated carbocycles. The number of rotatable bonds is 7. The van der Waals surface area contributed by atoms with Gasteiger partial charge in [-0.05, 0) is 30.9 Å². The zero-order valence-electron chi connectivity index (χ0n) is 13.1. The molecule has 0 heterocycles. The highest BCUT2D eigenvalue weighted by Gasteiger charge is 2.14. The van der Waals surface area contributed by atoms with Gasteiger partial charge < -0.3 is 10.1 Å². The number of benzene rings is 1. The van der Waals surface area contributed by atoms with Gasteiger partial charge in [0.2, 0.25) is 0 Å². The Morgan fingerprint density at radius 2 is 1.84 bits per heavy atom. The maximum Gasteiger partial charge on any atom is 0.124 e. The fraction of sp³-hybridized carbons (Fsp3) is 0.647. The van der Waals surface area contributed by atoms with E-state index in [4.69, 9.17) is 4.74 Å². The lowest BCUT2D eigenvalue weighted by atomic mass is 9.93. The van der Waals surface area contributed by atoms with Gasteiger partial charge in [-0.25, -0.2) is 0 Å². The average Bonchev–Trinajstić information content (AvgIpc) is 2.35. The van der Waals surface area contributed by atoms with E-state index < -0.39 is 0 Å². The summed E-state index contributed by atoms with van der Waals surface area (Å²) in [5, 5.41) is 3.52. The molecular formula is C17H29NO. The summed E-state index contributed by atoms with van der Waals surface area (Å²) in [6.07, 6.45) is 2.15. The second kappa shape index (κ2) is 7.54. The molecule has 0 aliphatic rings. The highest BCUT2D eigenvalue weighted by atomic mass is 16.5. The van der Waals surface area contributed by atoms with Gasteiger partial charge in [-0.15, -0.1) is 0 Å². The lowest BCUT2D eigenvalue weighted by Gasteiger charge is -2.22. The molecule has 1 aromatic carbocycles. The SMILES string of the molecule is CCNC(CC)c1ccccc1OCCC(C)(C)C. The molecule has 108 valence electrons. The van der Waals surface area contributed by atoms with Gasteiger partial charge in [0.25, 0.3) is 0 Å². The van der Waals surface area contributed by atoms with Crippen LogP contribution in [0.1, 0.15) is 59.1 Å². The van der Waals surface area contributed by atoms with Crippen molar-refractivity contribution in [2.24, 2.45) is 5.41 Å². The number of para-hydroxylation sites is 1. The Morgan fingerprint density at radius 1 is 1.16 bits per heavy atom. The first-order chi connectivity index (χ1) is 8.98. The molecule has 0 aliphatic carbocycles. The normalized spacial score (nSPS) is 13.3. The topological polar surface area (TPSA) is 21.3 Å². The van der Waals surface area contributed by atoms with Gasteiger partial charge in [-0.3, -0.25) is 0 Å². The molecule has 0 radical (unpaired) electrons. The van der Waals surface area contributed by atoms with Crippen LogP contribution in [0, 0.1) is 5.41 Å². The van der Waals surface area contributed by atoms with Crippen molar-refractivity contribution in [1.82, 2.24) is 5.32 Å². The van der Waals surface area contributed by atoms with Crippen molar-refractivity contribution in [3.05, 3.63) is 29.8 Å². The minimum absolute atomic E-state index is 0.320. The summed E-state index contributed by atoms with van der Waals surface area (Å²) in [5.41, 5.74) is 1.60. The molecule has 1 atom stereocenters. The van der Waals surface area contributed by atoms with Crippen molar-refractivity contribution < 1.29 is 4.74 Å². The lowest BCUT2D eigenvalue weighted by Crippen LogP contribution is -2.21. The molecular weight excluding hydrogens is 234 g/mol. The van der Waals surface area contributed by atoms with Crippen LogP contribution in [0.2, 0.25) is 0 Å². The molecule has 0 aliphatic heterocycles. The third kappa shape index (κ3) is 5.65. The van der Waals surface area contributed by atoms with Gasteiger partial charge in [0.15, 0.2) is 0 Å². The predicted molar refractivity (Wildman–Crippen MR) is 82.7 cm³/mol. The van der Waals surface area contributed by atoms with E-state index in [-0.39, 0.29) is 0 Å². The largest absolute Gasteiger partial charge is 0.493 e. The molecule has 1 N–H and O–H groups in total. The summed E-state index contributed by atoms with van der Waals surface area (Å²) in [6.45, 7) is 12.9. The van der Waals surface area contributed by atoms with Crippen molar-refractivity contribution in [1.29, 1.82) is 0 Å². The molecule has 1 rings (SSSR count). The Labute approximate surface area is 118 Å². The van der Waals surface area contributed by atoms with E-state index in [1.165, 1.54) is 5.56 Å². The Morgan fingerprint density at radius 3 is 2.42 bits per heavy atom. The zero-order chi connectivity index (χ0) is 14.3. The number of nitrogens with one attached hydrogen (secondary N) is 1. The van der Waals surface area contributed by atoms with Gasteiger partial charge >= 0.3 is 0 Å². The molecule has 0 amide bonds. The number of hydrogen-bond donors (Lipinski definition) is 1. The first kappa shape index (κ1) is 16.0. The summed E-state index contributed by atoms with van der Waals surface area (Å²) in [5.74, 6) is 1.03. The summed E-state index contributed by atoms with van der Waals surface area (Å²) in [7, 11) is 0. The Balaban J connectivity index is 2.72. The Hall–Kier alpha value is -1.02. The van der Waals surface area contributed by atoms with Crippen LogP contribution in [0.3, 0.4) is 0 Å². The molecule has 1 unspecified atom stereocenters. The lowest BCUT2D eigenvalue weighted by molar-refractivity contribution is 0.239. The third-order valence-corrected chi connectivity index (χ3v) is 3.26. The predicted octanol–water partition coefficient (Wildman–Crippen LogP) is 4.56. The molecule has 2 heteroatoms. The number of ether oxygens (including phenoxy) is 1. The van der Waals surface area contributed by atoms with E-state index in [9.17, 15) is 0 Å². The van der Waals surface area contributed by atoms with Crippen LogP contribution in [-0.2, 0) is 0 Å². The minimum atomic E-state index is 0.320. The van der Waals surface area contributed by atoms with Gasteiger partial charge in [-0.2, -0.15) is 0 Å². The molecule has 0 fully saturated rings. The molecule has 0 saturated heterocycles. The molecule has 0 bridgehead atoms. The molecule has 1 aromatic rings. The quantitative estimate of drug-likeness (QED) is 0.778. The van der Waals surface area contributed by atoms with Crippen molar-refractivity contribution in [2.45, 2.75) is 53.5 Å². The zero-order valence-corrected chi connectivity index (χ0v) is 13.1. The van der Waals surface area contributed by atoms with E-state index in [0.717, 1.165) is 31.7 Å². The van der Waals surface area contributed by atoms with Crippen LogP contribution < -0.4 is 10.1 Å². The van der Waals surface area contributed by atoms with Crippen LogP contribution in [0.25, 0.3) is 0 Å². The van der Waals surface area contributed by atoms with Crippen LogP contribution in [0.4, 0.5) is 0 Å². The summed E-state index contributed by atoms with van der Waals surface area (Å²) >= 11 is 0. The fourth-order valence-corrected chi connectivity index (χ4v) is 2.09. The summed E-state index contributed by atoms with van der Waals surface area (Å²) < 4.78 is 6.00. The Bertz CT molecular complexity index is 368. The van der Waals surface area contributed by atoms with E-state index in [2.05, 4.69) is 64.2 Å². The van der Waals surface area contributed by atoms with Gasteiger partial charge in [0, 0.05) is 11.6 Å². The summed E-state index contributed by atoms with van der Waals surface area (Å²) in [6, 6.07) is 8.78. The first-order valence-corrected chi connectivity index (χ1v) is 7.43. The second-order valence-corrected chi connectivity index (χ2v) is 6.22. The Kier molecular flexibility index (Phi) is 6.36. The van der Waals surface area contributed by atoms with E-state index in [1.54, 1.807) is 0 Å². The maximum atomic E-state index is 6.00. The molecule has 19 heavy (non-hydrogen) atoms. The van der Waals surface area contributed by atoms with E-state index in [0.29, 0.717) is 11.5 Å². The van der Waals surface area contributed by atoms with Crippen molar-refractivity contribution in [2.75, 3.05) is 13.2 Å². The van der Waals surface area contributed by atoms with Crippen molar-refractivity contribution >= 4 is 0 Å². The van der Waals surface area contributed by atoms with Crippen LogP contribution in [-0.4, -0.2) is 13.2 Å². The highest BCUT2D eigenvalue weighted by Crippen LogP contribution is 2.28. The van der Waals surface area contributed by atoms with Crippen LogP contribution >= 0.6 is 0 Å². The summed E-state index contributed by atoms with van der Waals surface area (Å²) in [4.78, 5) is 0. The molecule has 0 aromatic heterocycles. The van der Waals surface area contributed by atoms with Gasteiger partial charge in [0.05, 0.1) is 6.61 Å². The standard InChI is InChI=1S/C17H29NO/c1-6-15(18-7-2)14-10-8-9-11-16(14)19-13-12-17(3,4)5/h8-11,15,18H,6-7,12-13H2,1-5H3. The fourth-order valence-electron chi connectivity index (χ4n) is 2.09. The first-order valence-electron chi connectivity index (χ1n) is 7.43. The minimum Gasteiger partial charge on any atom is -0.493 e. The molecule has 0 spiro atoms. The smallest absolute Gasteiger partial charge is 0.124 e. The van der Waals surface area contributed by atoms with Crippen LogP contribution in [0.5, 0.6) is 5.75 Å². The second-order valence-electron chi connectivity index (χ2n) is 6.22. The van der Waals surface area contributed by atoms with E-state index >= 15 is 0 Å². The average molecular weight is 263 g/mol. The van der Waals surface area contributed by atoms with E-state index in [1.807, 2.05) is 0 Å². The molecule has 2 nitrogen and oxygen atoms in total. The monoisotopic (exact) mass is 263 g/mol. The van der Waals surface area contributed by atoms with Crippen molar-refractivity contribution in [3.8, 4) is 5.75 Å². The highest BCUT2D eigenvalue weighted by molar-refractivity contribution is 5.35.